The zero-order valence-corrected chi connectivity index (χ0v) is 10.9. The second-order valence-electron chi connectivity index (χ2n) is 5.04. The third-order valence-electron chi connectivity index (χ3n) is 3.46. The number of anilines is 1. The van der Waals surface area contributed by atoms with Crippen LogP contribution in [0.15, 0.2) is 18.2 Å². The number of hydrogen-bond donors (Lipinski definition) is 1. The van der Waals surface area contributed by atoms with Gasteiger partial charge in [-0.25, -0.2) is 0 Å². The Bertz CT molecular complexity index is 423. The molecule has 0 aliphatic carbocycles. The van der Waals surface area contributed by atoms with Gasteiger partial charge < -0.3 is 10.5 Å². The Morgan fingerprint density at radius 2 is 2.33 bits per heavy atom. The molecule has 0 amide bonds. The minimum atomic E-state index is 0.147. The van der Waals surface area contributed by atoms with Crippen LogP contribution in [-0.2, 0) is 4.74 Å². The van der Waals surface area contributed by atoms with E-state index in [1.54, 1.807) is 0 Å². The molecule has 1 aliphatic rings. The molecular weight excluding hydrogens is 226 g/mol. The van der Waals surface area contributed by atoms with Gasteiger partial charge in [-0.3, -0.25) is 4.79 Å². The minimum absolute atomic E-state index is 0.147. The first-order chi connectivity index (χ1) is 8.66. The Morgan fingerprint density at radius 1 is 1.50 bits per heavy atom. The molecule has 1 fully saturated rings. The van der Waals surface area contributed by atoms with E-state index in [1.165, 1.54) is 0 Å². The molecule has 1 unspecified atom stereocenters. The number of ketones is 1. The normalized spacial score (nSPS) is 19.1. The Hall–Kier alpha value is -1.35. The van der Waals surface area contributed by atoms with Gasteiger partial charge in [0.15, 0.2) is 5.78 Å². The third kappa shape index (κ3) is 3.33. The van der Waals surface area contributed by atoms with E-state index >= 15 is 0 Å². The summed E-state index contributed by atoms with van der Waals surface area (Å²) in [7, 11) is 0. The van der Waals surface area contributed by atoms with Crippen molar-refractivity contribution >= 4 is 11.5 Å². The Kier molecular flexibility index (Phi) is 4.37. The van der Waals surface area contributed by atoms with Gasteiger partial charge in [0, 0.05) is 24.3 Å². The summed E-state index contributed by atoms with van der Waals surface area (Å²) in [4.78, 5) is 12.1. The molecule has 1 heterocycles. The number of ether oxygens (including phenoxy) is 1. The topological polar surface area (TPSA) is 52.3 Å². The molecule has 0 radical (unpaired) electrons. The highest BCUT2D eigenvalue weighted by molar-refractivity contribution is 6.00. The minimum Gasteiger partial charge on any atom is -0.398 e. The van der Waals surface area contributed by atoms with Gasteiger partial charge in [-0.05, 0) is 44.7 Å². The maximum absolute atomic E-state index is 12.1. The highest BCUT2D eigenvalue weighted by atomic mass is 16.5. The van der Waals surface area contributed by atoms with E-state index in [0.717, 1.165) is 37.9 Å². The predicted octanol–water partition coefficient (Wildman–Crippen LogP) is 3.11. The molecule has 1 aromatic rings. The molecule has 3 nitrogen and oxygen atoms in total. The molecule has 18 heavy (non-hydrogen) atoms. The van der Waals surface area contributed by atoms with E-state index in [0.29, 0.717) is 23.8 Å². The summed E-state index contributed by atoms with van der Waals surface area (Å²) >= 11 is 0. The lowest BCUT2D eigenvalue weighted by Gasteiger charge is -2.09. The van der Waals surface area contributed by atoms with E-state index in [2.05, 4.69) is 0 Å². The molecule has 1 saturated heterocycles. The highest BCUT2D eigenvalue weighted by Crippen LogP contribution is 2.20. The molecule has 3 heteroatoms. The van der Waals surface area contributed by atoms with Crippen molar-refractivity contribution in [3.63, 3.8) is 0 Å². The van der Waals surface area contributed by atoms with Gasteiger partial charge in [0.25, 0.3) is 0 Å². The van der Waals surface area contributed by atoms with E-state index < -0.39 is 0 Å². The summed E-state index contributed by atoms with van der Waals surface area (Å²) in [6.45, 7) is 2.85. The summed E-state index contributed by atoms with van der Waals surface area (Å²) in [5.74, 6) is 0.147. The second-order valence-corrected chi connectivity index (χ2v) is 5.04. The number of benzene rings is 1. The van der Waals surface area contributed by atoms with Crippen LogP contribution in [-0.4, -0.2) is 18.5 Å². The molecule has 1 atom stereocenters. The summed E-state index contributed by atoms with van der Waals surface area (Å²) in [5, 5.41) is 0. The van der Waals surface area contributed by atoms with Crippen molar-refractivity contribution in [3.8, 4) is 0 Å². The van der Waals surface area contributed by atoms with Crippen LogP contribution in [0.1, 0.15) is 48.0 Å². The summed E-state index contributed by atoms with van der Waals surface area (Å²) < 4.78 is 5.55. The zero-order chi connectivity index (χ0) is 13.0. The van der Waals surface area contributed by atoms with Crippen molar-refractivity contribution in [2.24, 2.45) is 0 Å². The lowest BCUT2D eigenvalue weighted by atomic mass is 10.0. The number of Topliss-reactive ketones (excluding diaryl/α,β-unsaturated/α-hetero) is 1. The number of carbonyl (C=O) groups is 1. The lowest BCUT2D eigenvalue weighted by molar-refractivity contribution is 0.0923. The SMILES string of the molecule is Cc1ccc(N)c(C(=O)CCCC2CCCO2)c1. The number of hydrogen-bond acceptors (Lipinski definition) is 3. The summed E-state index contributed by atoms with van der Waals surface area (Å²) in [5.41, 5.74) is 8.17. The first-order valence-corrected chi connectivity index (χ1v) is 6.68. The van der Waals surface area contributed by atoms with E-state index in [9.17, 15) is 4.79 Å². The number of rotatable bonds is 5. The monoisotopic (exact) mass is 247 g/mol. The van der Waals surface area contributed by atoms with E-state index in [1.807, 2.05) is 25.1 Å². The molecule has 1 aromatic carbocycles. The van der Waals surface area contributed by atoms with Crippen molar-refractivity contribution in [1.29, 1.82) is 0 Å². The fourth-order valence-corrected chi connectivity index (χ4v) is 2.41. The molecule has 0 spiro atoms. The van der Waals surface area contributed by atoms with Gasteiger partial charge in [0.1, 0.15) is 0 Å². The smallest absolute Gasteiger partial charge is 0.164 e. The Morgan fingerprint density at radius 3 is 3.06 bits per heavy atom. The van der Waals surface area contributed by atoms with Crippen molar-refractivity contribution < 1.29 is 9.53 Å². The van der Waals surface area contributed by atoms with Crippen LogP contribution in [0.5, 0.6) is 0 Å². The summed E-state index contributed by atoms with van der Waals surface area (Å²) in [6.07, 6.45) is 5.10. The van der Waals surface area contributed by atoms with Crippen LogP contribution < -0.4 is 5.73 Å². The number of nitrogen functional groups attached to an aromatic ring is 1. The average Bonchev–Trinajstić information content (AvgIpc) is 2.85. The fourth-order valence-electron chi connectivity index (χ4n) is 2.41. The molecule has 0 bridgehead atoms. The van der Waals surface area contributed by atoms with Crippen molar-refractivity contribution in [1.82, 2.24) is 0 Å². The van der Waals surface area contributed by atoms with Crippen LogP contribution in [0.3, 0.4) is 0 Å². The number of aryl methyl sites for hydroxylation is 1. The van der Waals surface area contributed by atoms with E-state index in [-0.39, 0.29) is 5.78 Å². The average molecular weight is 247 g/mol. The first kappa shape index (κ1) is 13.1. The predicted molar refractivity (Wildman–Crippen MR) is 72.7 cm³/mol. The zero-order valence-electron chi connectivity index (χ0n) is 10.9. The molecule has 0 saturated carbocycles. The standard InChI is InChI=1S/C15H21NO2/c1-11-7-8-14(16)13(10-11)15(17)6-2-4-12-5-3-9-18-12/h7-8,10,12H,2-6,9,16H2,1H3. The van der Waals surface area contributed by atoms with Gasteiger partial charge in [-0.1, -0.05) is 11.6 Å². The van der Waals surface area contributed by atoms with Gasteiger partial charge in [0.2, 0.25) is 0 Å². The third-order valence-corrected chi connectivity index (χ3v) is 3.46. The molecule has 98 valence electrons. The van der Waals surface area contributed by atoms with Crippen molar-refractivity contribution in [2.75, 3.05) is 12.3 Å². The quantitative estimate of drug-likeness (QED) is 0.642. The number of carbonyl (C=O) groups excluding carboxylic acids is 1. The fraction of sp³-hybridized carbons (Fsp3) is 0.533. The lowest BCUT2D eigenvalue weighted by Crippen LogP contribution is -2.08. The molecular formula is C15H21NO2. The highest BCUT2D eigenvalue weighted by Gasteiger charge is 2.16. The van der Waals surface area contributed by atoms with Gasteiger partial charge in [0.05, 0.1) is 6.10 Å². The second kappa shape index (κ2) is 6.01. The van der Waals surface area contributed by atoms with Gasteiger partial charge in [-0.15, -0.1) is 0 Å². The Labute approximate surface area is 108 Å². The molecule has 1 aliphatic heterocycles. The molecule has 2 rings (SSSR count). The summed E-state index contributed by atoms with van der Waals surface area (Å²) in [6, 6.07) is 5.62. The molecule has 0 aromatic heterocycles. The van der Waals surface area contributed by atoms with Crippen LogP contribution in [0.4, 0.5) is 5.69 Å². The Balaban J connectivity index is 1.85. The van der Waals surface area contributed by atoms with Crippen LogP contribution >= 0.6 is 0 Å². The maximum atomic E-state index is 12.1. The van der Waals surface area contributed by atoms with Gasteiger partial charge in [-0.2, -0.15) is 0 Å². The molecule has 2 N–H and O–H groups in total. The van der Waals surface area contributed by atoms with Gasteiger partial charge >= 0.3 is 0 Å². The largest absolute Gasteiger partial charge is 0.398 e. The first-order valence-electron chi connectivity index (χ1n) is 6.68. The van der Waals surface area contributed by atoms with Crippen LogP contribution in [0.2, 0.25) is 0 Å². The number of nitrogens with two attached hydrogens (primary N) is 1. The maximum Gasteiger partial charge on any atom is 0.164 e. The van der Waals surface area contributed by atoms with Crippen molar-refractivity contribution in [3.05, 3.63) is 29.3 Å². The van der Waals surface area contributed by atoms with E-state index in [4.69, 9.17) is 10.5 Å². The van der Waals surface area contributed by atoms with Crippen LogP contribution in [0, 0.1) is 6.92 Å². The van der Waals surface area contributed by atoms with Crippen molar-refractivity contribution in [2.45, 2.75) is 45.1 Å². The van der Waals surface area contributed by atoms with Crippen LogP contribution in [0.25, 0.3) is 0 Å².